The van der Waals surface area contributed by atoms with Gasteiger partial charge in [0, 0.05) is 17.7 Å². The quantitative estimate of drug-likeness (QED) is 0.475. The molecule has 0 amide bonds. The van der Waals surface area contributed by atoms with Crippen LogP contribution in [-0.4, -0.2) is 15.2 Å². The van der Waals surface area contributed by atoms with Crippen LogP contribution in [0.3, 0.4) is 0 Å². The Balaban J connectivity index is 1.57. The number of Topliss-reactive ketones (excluding diaryl/α,β-unsaturated/α-hetero) is 1. The fraction of sp³-hybridized carbons (Fsp3) is 0.417. The number of allylic oxidation sites excluding steroid dienone is 4. The standard InChI is InChI=1S/C24H28N2O/c1-4-5-20(16(2)3)17-8-10-19(11-9-17)24(27)23-21(18-6-7-18)12-13-26-15-25-14-22(23)26/h4-5,12-15,17-19H,1-2,6-11H2,3H3/b20-5+. The molecule has 2 fully saturated rings. The van der Waals surface area contributed by atoms with E-state index in [4.69, 9.17) is 0 Å². The van der Waals surface area contributed by atoms with Crippen LogP contribution in [0.1, 0.15) is 67.3 Å². The molecule has 2 saturated carbocycles. The van der Waals surface area contributed by atoms with Crippen molar-refractivity contribution in [3.63, 3.8) is 0 Å². The van der Waals surface area contributed by atoms with E-state index >= 15 is 0 Å². The van der Waals surface area contributed by atoms with Crippen molar-refractivity contribution >= 4 is 11.3 Å². The highest BCUT2D eigenvalue weighted by atomic mass is 16.1. The molecule has 140 valence electrons. The second-order valence-corrected chi connectivity index (χ2v) is 8.16. The van der Waals surface area contributed by atoms with Gasteiger partial charge in [-0.25, -0.2) is 4.98 Å². The van der Waals surface area contributed by atoms with Crippen LogP contribution in [0.5, 0.6) is 0 Å². The van der Waals surface area contributed by atoms with Crippen LogP contribution < -0.4 is 0 Å². The van der Waals surface area contributed by atoms with Crippen LogP contribution in [0.25, 0.3) is 5.52 Å². The van der Waals surface area contributed by atoms with Crippen molar-refractivity contribution in [2.24, 2.45) is 11.8 Å². The lowest BCUT2D eigenvalue weighted by Gasteiger charge is -2.30. The van der Waals surface area contributed by atoms with Gasteiger partial charge in [-0.2, -0.15) is 0 Å². The minimum absolute atomic E-state index is 0.120. The molecule has 0 atom stereocenters. The Morgan fingerprint density at radius 1 is 1.19 bits per heavy atom. The summed E-state index contributed by atoms with van der Waals surface area (Å²) in [6.07, 6.45) is 16.0. The first-order chi connectivity index (χ1) is 13.1. The molecule has 3 nitrogen and oxygen atoms in total. The Hall–Kier alpha value is -2.42. The molecule has 0 aromatic carbocycles. The monoisotopic (exact) mass is 360 g/mol. The predicted molar refractivity (Wildman–Crippen MR) is 110 cm³/mol. The Kier molecular flexibility index (Phi) is 4.86. The molecule has 0 N–H and O–H groups in total. The lowest BCUT2D eigenvalue weighted by Crippen LogP contribution is -2.24. The summed E-state index contributed by atoms with van der Waals surface area (Å²) >= 11 is 0. The molecular weight excluding hydrogens is 332 g/mol. The van der Waals surface area contributed by atoms with Gasteiger partial charge in [-0.3, -0.25) is 4.79 Å². The third kappa shape index (κ3) is 3.43. The topological polar surface area (TPSA) is 34.4 Å². The lowest BCUT2D eigenvalue weighted by molar-refractivity contribution is 0.0879. The number of pyridine rings is 1. The summed E-state index contributed by atoms with van der Waals surface area (Å²) in [7, 11) is 0. The Bertz CT molecular complexity index is 921. The largest absolute Gasteiger partial charge is 0.306 e. The molecule has 0 saturated heterocycles. The summed E-state index contributed by atoms with van der Waals surface area (Å²) < 4.78 is 1.98. The minimum Gasteiger partial charge on any atom is -0.306 e. The van der Waals surface area contributed by atoms with Gasteiger partial charge in [0.15, 0.2) is 5.78 Å². The first-order valence-electron chi connectivity index (χ1n) is 10.1. The van der Waals surface area contributed by atoms with Crippen LogP contribution in [0.15, 0.2) is 61.2 Å². The molecule has 2 heterocycles. The number of carbonyl (C=O) groups is 1. The SMILES string of the molecule is C=C/C=C(\C(=C)C)C1CCC(C(=O)c2c(C3CC3)ccn3cncc23)CC1. The van der Waals surface area contributed by atoms with Gasteiger partial charge in [0.1, 0.15) is 0 Å². The van der Waals surface area contributed by atoms with Gasteiger partial charge in [0.25, 0.3) is 0 Å². The summed E-state index contributed by atoms with van der Waals surface area (Å²) in [5.74, 6) is 1.50. The number of fused-ring (bicyclic) bond motifs is 1. The maximum atomic E-state index is 13.5. The molecule has 3 heteroatoms. The summed E-state index contributed by atoms with van der Waals surface area (Å²) in [4.78, 5) is 17.8. The number of carbonyl (C=O) groups excluding carboxylic acids is 1. The summed E-state index contributed by atoms with van der Waals surface area (Å²) in [5, 5.41) is 0. The molecular formula is C24H28N2O. The average molecular weight is 361 g/mol. The third-order valence-electron chi connectivity index (χ3n) is 6.22. The average Bonchev–Trinajstić information content (AvgIpc) is 3.41. The predicted octanol–water partition coefficient (Wildman–Crippen LogP) is 5.89. The summed E-state index contributed by atoms with van der Waals surface area (Å²) in [6.45, 7) is 10.0. The molecule has 4 rings (SSSR count). The highest BCUT2D eigenvalue weighted by Crippen LogP contribution is 2.44. The molecule has 2 aliphatic carbocycles. The Labute approximate surface area is 161 Å². The fourth-order valence-corrected chi connectivity index (χ4v) is 4.64. The highest BCUT2D eigenvalue weighted by Gasteiger charge is 2.34. The second kappa shape index (κ2) is 7.30. The van der Waals surface area contributed by atoms with Crippen molar-refractivity contribution in [3.8, 4) is 0 Å². The number of nitrogens with zero attached hydrogens (tertiary/aromatic N) is 2. The van der Waals surface area contributed by atoms with Crippen LogP contribution in [0.4, 0.5) is 0 Å². The van der Waals surface area contributed by atoms with Gasteiger partial charge in [0.05, 0.1) is 18.0 Å². The van der Waals surface area contributed by atoms with E-state index in [1.807, 2.05) is 22.9 Å². The van der Waals surface area contributed by atoms with Crippen molar-refractivity contribution in [2.75, 3.05) is 0 Å². The van der Waals surface area contributed by atoms with E-state index in [-0.39, 0.29) is 5.92 Å². The van der Waals surface area contributed by atoms with E-state index in [0.29, 0.717) is 17.6 Å². The molecule has 2 aromatic rings. The minimum atomic E-state index is 0.120. The summed E-state index contributed by atoms with van der Waals surface area (Å²) in [5.41, 5.74) is 5.56. The number of rotatable bonds is 6. The normalized spacial score (nSPS) is 23.4. The van der Waals surface area contributed by atoms with E-state index in [9.17, 15) is 4.79 Å². The van der Waals surface area contributed by atoms with Crippen molar-refractivity contribution in [1.29, 1.82) is 0 Å². The first-order valence-corrected chi connectivity index (χ1v) is 10.1. The van der Waals surface area contributed by atoms with Gasteiger partial charge >= 0.3 is 0 Å². The molecule has 0 aliphatic heterocycles. The molecule has 0 bridgehead atoms. The molecule has 0 radical (unpaired) electrons. The maximum absolute atomic E-state index is 13.5. The van der Waals surface area contributed by atoms with Crippen LogP contribution in [-0.2, 0) is 0 Å². The molecule has 0 spiro atoms. The van der Waals surface area contributed by atoms with Gasteiger partial charge in [-0.1, -0.05) is 30.9 Å². The van der Waals surface area contributed by atoms with E-state index in [2.05, 4.69) is 37.2 Å². The van der Waals surface area contributed by atoms with Gasteiger partial charge in [-0.05, 0) is 74.5 Å². The third-order valence-corrected chi connectivity index (χ3v) is 6.22. The van der Waals surface area contributed by atoms with Crippen LogP contribution in [0.2, 0.25) is 0 Å². The number of imidazole rings is 1. The van der Waals surface area contributed by atoms with Crippen molar-refractivity contribution in [1.82, 2.24) is 9.38 Å². The fourth-order valence-electron chi connectivity index (χ4n) is 4.64. The van der Waals surface area contributed by atoms with Crippen molar-refractivity contribution < 1.29 is 4.79 Å². The van der Waals surface area contributed by atoms with Gasteiger partial charge in [-0.15, -0.1) is 0 Å². The molecule has 2 aliphatic rings. The smallest absolute Gasteiger partial charge is 0.168 e. The Morgan fingerprint density at radius 3 is 2.52 bits per heavy atom. The Morgan fingerprint density at radius 2 is 1.89 bits per heavy atom. The number of aromatic nitrogens is 2. The van der Waals surface area contributed by atoms with Crippen LogP contribution >= 0.6 is 0 Å². The molecule has 27 heavy (non-hydrogen) atoms. The van der Waals surface area contributed by atoms with E-state index < -0.39 is 0 Å². The van der Waals surface area contributed by atoms with E-state index in [1.165, 1.54) is 24.0 Å². The number of hydrogen-bond donors (Lipinski definition) is 0. The summed E-state index contributed by atoms with van der Waals surface area (Å²) in [6, 6.07) is 2.14. The van der Waals surface area contributed by atoms with Crippen LogP contribution in [0, 0.1) is 11.8 Å². The van der Waals surface area contributed by atoms with Gasteiger partial charge in [0.2, 0.25) is 0 Å². The maximum Gasteiger partial charge on any atom is 0.168 e. The van der Waals surface area contributed by atoms with Gasteiger partial charge < -0.3 is 4.40 Å². The highest BCUT2D eigenvalue weighted by molar-refractivity contribution is 6.05. The molecule has 2 aromatic heterocycles. The second-order valence-electron chi connectivity index (χ2n) is 8.16. The van der Waals surface area contributed by atoms with E-state index in [0.717, 1.165) is 42.3 Å². The number of ketones is 1. The lowest BCUT2D eigenvalue weighted by atomic mass is 9.74. The van der Waals surface area contributed by atoms with Crippen molar-refractivity contribution in [3.05, 3.63) is 72.4 Å². The first kappa shape index (κ1) is 18.0. The van der Waals surface area contributed by atoms with Crippen molar-refractivity contribution in [2.45, 2.75) is 51.4 Å². The molecule has 0 unspecified atom stereocenters. The van der Waals surface area contributed by atoms with E-state index in [1.54, 1.807) is 6.33 Å². The number of hydrogen-bond acceptors (Lipinski definition) is 2. The zero-order valence-electron chi connectivity index (χ0n) is 16.2. The zero-order valence-corrected chi connectivity index (χ0v) is 16.2. The zero-order chi connectivity index (χ0) is 19.0.